The molecule has 0 heterocycles. The van der Waals surface area contributed by atoms with Crippen molar-refractivity contribution < 1.29 is 13.9 Å². The van der Waals surface area contributed by atoms with Crippen molar-refractivity contribution in [3.8, 4) is 0 Å². The van der Waals surface area contributed by atoms with Crippen molar-refractivity contribution in [1.82, 2.24) is 0 Å². The van der Waals surface area contributed by atoms with Gasteiger partial charge in [0.1, 0.15) is 11.6 Å². The van der Waals surface area contributed by atoms with Crippen LogP contribution in [0.3, 0.4) is 0 Å². The summed E-state index contributed by atoms with van der Waals surface area (Å²) in [6.45, 7) is 0. The van der Waals surface area contributed by atoms with Crippen molar-refractivity contribution in [2.45, 2.75) is 31.4 Å². The van der Waals surface area contributed by atoms with E-state index in [0.29, 0.717) is 5.69 Å². The molecule has 1 fully saturated rings. The second-order valence-corrected chi connectivity index (χ2v) is 3.91. The number of aliphatic hydroxyl groups is 1. The predicted octanol–water partition coefficient (Wildman–Crippen LogP) is 2.29. The summed E-state index contributed by atoms with van der Waals surface area (Å²) in [6.07, 6.45) is 2.10. The van der Waals surface area contributed by atoms with Crippen molar-refractivity contribution in [2.24, 2.45) is 0 Å². The average molecular weight is 213 g/mol. The number of hydrogen-bond acceptors (Lipinski definition) is 2. The molecule has 4 heteroatoms. The molecular weight excluding hydrogens is 200 g/mol. The van der Waals surface area contributed by atoms with Gasteiger partial charge in [0.15, 0.2) is 0 Å². The summed E-state index contributed by atoms with van der Waals surface area (Å²) in [5.74, 6) is -1.21. The first-order valence-corrected chi connectivity index (χ1v) is 5.06. The van der Waals surface area contributed by atoms with E-state index in [-0.39, 0.29) is 6.04 Å². The van der Waals surface area contributed by atoms with Crippen LogP contribution in [0.1, 0.15) is 19.3 Å². The highest BCUT2D eigenvalue weighted by Crippen LogP contribution is 2.23. The molecule has 0 unspecified atom stereocenters. The van der Waals surface area contributed by atoms with Gasteiger partial charge in [-0.15, -0.1) is 0 Å². The quantitative estimate of drug-likeness (QED) is 0.790. The minimum absolute atomic E-state index is 0.0915. The van der Waals surface area contributed by atoms with Crippen LogP contribution in [0.4, 0.5) is 14.5 Å². The lowest BCUT2D eigenvalue weighted by molar-refractivity contribution is 0.172. The van der Waals surface area contributed by atoms with E-state index < -0.39 is 17.7 Å². The first-order valence-electron chi connectivity index (χ1n) is 5.06. The molecule has 1 saturated carbocycles. The Morgan fingerprint density at radius 2 is 1.80 bits per heavy atom. The third-order valence-electron chi connectivity index (χ3n) is 2.69. The molecule has 15 heavy (non-hydrogen) atoms. The maximum atomic E-state index is 12.9. The van der Waals surface area contributed by atoms with Gasteiger partial charge in [-0.3, -0.25) is 0 Å². The van der Waals surface area contributed by atoms with E-state index in [0.717, 1.165) is 25.3 Å². The molecule has 1 aromatic carbocycles. The average Bonchev–Trinajstić information content (AvgIpc) is 2.50. The van der Waals surface area contributed by atoms with Crippen molar-refractivity contribution in [3.63, 3.8) is 0 Å². The standard InChI is InChI=1S/C11H13F2NO/c12-7-4-8(13)6-9(5-7)14-10-2-1-3-11(10)15/h4-6,10-11,14-15H,1-3H2/t10-,11-/m1/s1. The zero-order valence-electron chi connectivity index (χ0n) is 8.21. The number of benzene rings is 1. The summed E-state index contributed by atoms with van der Waals surface area (Å²) >= 11 is 0. The molecular formula is C11H13F2NO. The van der Waals surface area contributed by atoms with Crippen molar-refractivity contribution in [1.29, 1.82) is 0 Å². The number of hydrogen-bond donors (Lipinski definition) is 2. The van der Waals surface area contributed by atoms with Gasteiger partial charge >= 0.3 is 0 Å². The maximum absolute atomic E-state index is 12.9. The molecule has 0 bridgehead atoms. The van der Waals surface area contributed by atoms with Crippen LogP contribution in [-0.2, 0) is 0 Å². The zero-order chi connectivity index (χ0) is 10.8. The number of rotatable bonds is 2. The van der Waals surface area contributed by atoms with E-state index in [4.69, 9.17) is 0 Å². The lowest BCUT2D eigenvalue weighted by atomic mass is 10.2. The van der Waals surface area contributed by atoms with Gasteiger partial charge in [-0.25, -0.2) is 8.78 Å². The normalized spacial score (nSPS) is 25.5. The molecule has 2 atom stereocenters. The van der Waals surface area contributed by atoms with Crippen LogP contribution in [0.15, 0.2) is 18.2 Å². The Morgan fingerprint density at radius 3 is 2.33 bits per heavy atom. The molecule has 0 aliphatic heterocycles. The van der Waals surface area contributed by atoms with Gasteiger partial charge in [0.25, 0.3) is 0 Å². The third kappa shape index (κ3) is 2.45. The van der Waals surface area contributed by atoms with Gasteiger partial charge in [-0.05, 0) is 31.4 Å². The SMILES string of the molecule is O[C@@H]1CCC[C@H]1Nc1cc(F)cc(F)c1. The van der Waals surface area contributed by atoms with Crippen LogP contribution in [-0.4, -0.2) is 17.3 Å². The van der Waals surface area contributed by atoms with Crippen LogP contribution >= 0.6 is 0 Å². The first kappa shape index (κ1) is 10.4. The van der Waals surface area contributed by atoms with Gasteiger partial charge in [0.2, 0.25) is 0 Å². The lowest BCUT2D eigenvalue weighted by Crippen LogP contribution is -2.27. The van der Waals surface area contributed by atoms with E-state index in [1.807, 2.05) is 0 Å². The predicted molar refractivity (Wildman–Crippen MR) is 53.6 cm³/mol. The zero-order valence-corrected chi connectivity index (χ0v) is 8.21. The molecule has 1 aliphatic carbocycles. The molecule has 0 aromatic heterocycles. The van der Waals surface area contributed by atoms with Crippen LogP contribution in [0.25, 0.3) is 0 Å². The highest BCUT2D eigenvalue weighted by molar-refractivity contribution is 5.45. The van der Waals surface area contributed by atoms with Gasteiger partial charge in [0.05, 0.1) is 12.1 Å². The molecule has 0 amide bonds. The van der Waals surface area contributed by atoms with Gasteiger partial charge < -0.3 is 10.4 Å². The fraction of sp³-hybridized carbons (Fsp3) is 0.455. The third-order valence-corrected chi connectivity index (χ3v) is 2.69. The topological polar surface area (TPSA) is 32.3 Å². The molecule has 0 saturated heterocycles. The smallest absolute Gasteiger partial charge is 0.128 e. The minimum atomic E-state index is -0.606. The number of anilines is 1. The summed E-state index contributed by atoms with van der Waals surface area (Å²) in [4.78, 5) is 0. The summed E-state index contributed by atoms with van der Waals surface area (Å²) in [7, 11) is 0. The molecule has 2 rings (SSSR count). The van der Waals surface area contributed by atoms with Crippen LogP contribution in [0.5, 0.6) is 0 Å². The maximum Gasteiger partial charge on any atom is 0.128 e. The van der Waals surface area contributed by atoms with E-state index in [9.17, 15) is 13.9 Å². The molecule has 2 nitrogen and oxygen atoms in total. The minimum Gasteiger partial charge on any atom is -0.391 e. The Labute approximate surface area is 86.9 Å². The summed E-state index contributed by atoms with van der Waals surface area (Å²) in [6, 6.07) is 3.20. The highest BCUT2D eigenvalue weighted by atomic mass is 19.1. The van der Waals surface area contributed by atoms with E-state index >= 15 is 0 Å². The van der Waals surface area contributed by atoms with Gasteiger partial charge in [0, 0.05) is 11.8 Å². The van der Waals surface area contributed by atoms with Crippen LogP contribution < -0.4 is 5.32 Å². The highest BCUT2D eigenvalue weighted by Gasteiger charge is 2.24. The molecule has 1 aromatic rings. The van der Waals surface area contributed by atoms with E-state index in [2.05, 4.69) is 5.32 Å². The van der Waals surface area contributed by atoms with Gasteiger partial charge in [-0.2, -0.15) is 0 Å². The molecule has 2 N–H and O–H groups in total. The molecule has 1 aliphatic rings. The largest absolute Gasteiger partial charge is 0.391 e. The van der Waals surface area contributed by atoms with Crippen molar-refractivity contribution in [3.05, 3.63) is 29.8 Å². The number of nitrogens with one attached hydrogen (secondary N) is 1. The van der Waals surface area contributed by atoms with Crippen LogP contribution in [0.2, 0.25) is 0 Å². The Morgan fingerprint density at radius 1 is 1.13 bits per heavy atom. The van der Waals surface area contributed by atoms with Crippen molar-refractivity contribution >= 4 is 5.69 Å². The fourth-order valence-electron chi connectivity index (χ4n) is 1.96. The number of aliphatic hydroxyl groups excluding tert-OH is 1. The summed E-state index contributed by atoms with van der Waals surface area (Å²) < 4.78 is 25.7. The van der Waals surface area contributed by atoms with Crippen LogP contribution in [0, 0.1) is 11.6 Å². The monoisotopic (exact) mass is 213 g/mol. The second-order valence-electron chi connectivity index (χ2n) is 3.91. The second kappa shape index (κ2) is 4.14. The van der Waals surface area contributed by atoms with Crippen molar-refractivity contribution in [2.75, 3.05) is 5.32 Å². The first-order chi connectivity index (χ1) is 7.15. The molecule has 0 spiro atoms. The molecule has 82 valence electrons. The Bertz CT molecular complexity index is 336. The Balaban J connectivity index is 2.10. The Hall–Kier alpha value is -1.16. The molecule has 0 radical (unpaired) electrons. The lowest BCUT2D eigenvalue weighted by Gasteiger charge is -2.17. The summed E-state index contributed by atoms with van der Waals surface area (Å²) in [5.41, 5.74) is 0.387. The number of halogens is 2. The summed E-state index contributed by atoms with van der Waals surface area (Å²) in [5, 5.41) is 12.5. The van der Waals surface area contributed by atoms with Gasteiger partial charge in [-0.1, -0.05) is 0 Å². The fourth-order valence-corrected chi connectivity index (χ4v) is 1.96. The Kier molecular flexibility index (Phi) is 2.86. The van der Waals surface area contributed by atoms with E-state index in [1.54, 1.807) is 0 Å². The van der Waals surface area contributed by atoms with E-state index in [1.165, 1.54) is 12.1 Å².